The Morgan fingerprint density at radius 3 is 2.17 bits per heavy atom. The van der Waals surface area contributed by atoms with Gasteiger partial charge in [0.25, 0.3) is 0 Å². The number of benzene rings is 1. The molecule has 0 saturated heterocycles. The van der Waals surface area contributed by atoms with Gasteiger partial charge in [0.05, 0.1) is 31.3 Å². The Balaban J connectivity index is 2.18. The number of aliphatic hydroxyl groups excluding tert-OH is 1. The number of rotatable bonds is 14. The zero-order chi connectivity index (χ0) is 21.8. The van der Waals surface area contributed by atoms with Gasteiger partial charge >= 0.3 is 0 Å². The van der Waals surface area contributed by atoms with E-state index in [0.717, 1.165) is 38.5 Å². The third-order valence-electron chi connectivity index (χ3n) is 5.03. The number of aliphatic hydroxyl groups is 1. The topological polar surface area (TPSA) is 65.0 Å². The van der Waals surface area contributed by atoms with E-state index in [-0.39, 0.29) is 11.5 Å². The van der Waals surface area contributed by atoms with Gasteiger partial charge in [-0.15, -0.1) is 0 Å². The Kier molecular flexibility index (Phi) is 10.1. The van der Waals surface area contributed by atoms with Gasteiger partial charge in [0, 0.05) is 6.08 Å². The van der Waals surface area contributed by atoms with E-state index >= 15 is 0 Å². The highest BCUT2D eigenvalue weighted by atomic mass is 16.7. The van der Waals surface area contributed by atoms with Crippen molar-refractivity contribution in [3.05, 3.63) is 53.8 Å². The zero-order valence-corrected chi connectivity index (χ0v) is 18.6. The van der Waals surface area contributed by atoms with Gasteiger partial charge in [-0.2, -0.15) is 0 Å². The number of ketones is 1. The van der Waals surface area contributed by atoms with Crippen molar-refractivity contribution < 1.29 is 24.1 Å². The fourth-order valence-corrected chi connectivity index (χ4v) is 3.16. The van der Waals surface area contributed by atoms with Crippen LogP contribution in [0.4, 0.5) is 0 Å². The smallest absolute Gasteiger partial charge is 0.211 e. The van der Waals surface area contributed by atoms with E-state index in [1.165, 1.54) is 6.08 Å². The number of unbranched alkanes of at least 4 members (excludes halogenated alkanes) is 3. The van der Waals surface area contributed by atoms with Crippen LogP contribution in [0.5, 0.6) is 5.75 Å². The van der Waals surface area contributed by atoms with Crippen LogP contribution in [0.25, 0.3) is 0 Å². The molecule has 0 amide bonds. The summed E-state index contributed by atoms with van der Waals surface area (Å²) in [6.45, 7) is 7.86. The van der Waals surface area contributed by atoms with Crippen molar-refractivity contribution in [2.45, 2.75) is 65.1 Å². The zero-order valence-electron chi connectivity index (χ0n) is 18.6. The molecule has 1 unspecified atom stereocenters. The number of allylic oxidation sites excluding steroid dienone is 1. The first-order valence-electron chi connectivity index (χ1n) is 11.2. The summed E-state index contributed by atoms with van der Waals surface area (Å²) in [6, 6.07) is 7.18. The molecule has 0 aliphatic heterocycles. The molecule has 0 saturated carbocycles. The molecule has 5 nitrogen and oxygen atoms in total. The Morgan fingerprint density at radius 2 is 1.57 bits per heavy atom. The van der Waals surface area contributed by atoms with Crippen molar-refractivity contribution in [2.24, 2.45) is 5.92 Å². The lowest BCUT2D eigenvalue weighted by Crippen LogP contribution is -2.36. The van der Waals surface area contributed by atoms with Gasteiger partial charge in [-0.25, -0.2) is 0 Å². The predicted molar refractivity (Wildman–Crippen MR) is 119 cm³/mol. The molecule has 1 aliphatic carbocycles. The maximum absolute atomic E-state index is 13.2. The summed E-state index contributed by atoms with van der Waals surface area (Å²) in [5.41, 5.74) is 0.467. The summed E-state index contributed by atoms with van der Waals surface area (Å²) in [7, 11) is 0. The van der Waals surface area contributed by atoms with E-state index in [1.54, 1.807) is 30.4 Å². The maximum Gasteiger partial charge on any atom is 0.211 e. The first-order valence-corrected chi connectivity index (χ1v) is 11.2. The minimum absolute atomic E-state index is 0.0566. The standard InChI is InChI=1S/C25H36O5/c1-4-7-16-28-23-13-11-10-12-21(23)24(27)20-14-15-25(19-22(20)26,29-17-8-5-2)30-18-9-6-3/h10-15,19-20,26H,4-9,16-18H2,1-3H3. The summed E-state index contributed by atoms with van der Waals surface area (Å²) in [5.74, 6) is -1.62. The first-order chi connectivity index (χ1) is 14.6. The van der Waals surface area contributed by atoms with E-state index in [2.05, 4.69) is 20.8 Å². The number of hydrogen-bond donors (Lipinski definition) is 1. The van der Waals surface area contributed by atoms with Crippen LogP contribution in [0, 0.1) is 5.92 Å². The summed E-state index contributed by atoms with van der Waals surface area (Å²) in [6.07, 6.45) is 10.7. The Hall–Kier alpha value is -2.11. The van der Waals surface area contributed by atoms with Gasteiger partial charge in [-0.1, -0.05) is 58.2 Å². The number of carbonyl (C=O) groups is 1. The predicted octanol–water partition coefficient (Wildman–Crippen LogP) is 6.01. The van der Waals surface area contributed by atoms with Gasteiger partial charge < -0.3 is 19.3 Å². The van der Waals surface area contributed by atoms with E-state index in [4.69, 9.17) is 14.2 Å². The fraction of sp³-hybridized carbons (Fsp3) is 0.560. The Morgan fingerprint density at radius 1 is 0.967 bits per heavy atom. The number of hydrogen-bond acceptors (Lipinski definition) is 5. The molecule has 1 aliphatic rings. The fourth-order valence-electron chi connectivity index (χ4n) is 3.16. The molecule has 30 heavy (non-hydrogen) atoms. The molecule has 0 aromatic heterocycles. The second kappa shape index (κ2) is 12.6. The van der Waals surface area contributed by atoms with Gasteiger partial charge in [-0.05, 0) is 37.5 Å². The van der Waals surface area contributed by atoms with Crippen molar-refractivity contribution in [3.63, 3.8) is 0 Å². The molecule has 1 atom stereocenters. The molecule has 5 heteroatoms. The second-order valence-corrected chi connectivity index (χ2v) is 7.59. The lowest BCUT2D eigenvalue weighted by Gasteiger charge is -2.32. The number of para-hydroxylation sites is 1. The molecule has 1 aromatic carbocycles. The highest BCUT2D eigenvalue weighted by Crippen LogP contribution is 2.32. The number of Topliss-reactive ketones (excluding diaryl/α,β-unsaturated/α-hetero) is 1. The maximum atomic E-state index is 13.2. The van der Waals surface area contributed by atoms with Crippen LogP contribution < -0.4 is 4.74 Å². The Bertz CT molecular complexity index is 712. The van der Waals surface area contributed by atoms with Crippen LogP contribution in [0.3, 0.4) is 0 Å². The molecule has 0 bridgehead atoms. The van der Waals surface area contributed by atoms with E-state index < -0.39 is 11.7 Å². The first kappa shape index (κ1) is 24.2. The number of ether oxygens (including phenoxy) is 3. The molecule has 1 N–H and O–H groups in total. The van der Waals surface area contributed by atoms with E-state index in [9.17, 15) is 9.90 Å². The van der Waals surface area contributed by atoms with Gasteiger partial charge in [0.1, 0.15) is 11.5 Å². The summed E-state index contributed by atoms with van der Waals surface area (Å²) in [5, 5.41) is 10.7. The molecular formula is C25H36O5. The van der Waals surface area contributed by atoms with Crippen molar-refractivity contribution in [3.8, 4) is 5.75 Å². The molecule has 0 heterocycles. The third-order valence-corrected chi connectivity index (χ3v) is 5.03. The minimum Gasteiger partial charge on any atom is -0.511 e. The van der Waals surface area contributed by atoms with E-state index in [0.29, 0.717) is 31.1 Å². The van der Waals surface area contributed by atoms with Crippen molar-refractivity contribution in [2.75, 3.05) is 19.8 Å². The average Bonchev–Trinajstić information content (AvgIpc) is 2.74. The quantitative estimate of drug-likeness (QED) is 0.174. The molecule has 2 rings (SSSR count). The van der Waals surface area contributed by atoms with Crippen molar-refractivity contribution in [1.82, 2.24) is 0 Å². The molecule has 0 radical (unpaired) electrons. The molecule has 0 spiro atoms. The van der Waals surface area contributed by atoms with Crippen molar-refractivity contribution in [1.29, 1.82) is 0 Å². The van der Waals surface area contributed by atoms with Crippen molar-refractivity contribution >= 4 is 5.78 Å². The molecule has 0 fully saturated rings. The largest absolute Gasteiger partial charge is 0.511 e. The highest BCUT2D eigenvalue weighted by Gasteiger charge is 2.36. The highest BCUT2D eigenvalue weighted by molar-refractivity contribution is 6.02. The lowest BCUT2D eigenvalue weighted by molar-refractivity contribution is -0.175. The molecule has 1 aromatic rings. The normalized spacial score (nSPS) is 17.6. The monoisotopic (exact) mass is 416 g/mol. The second-order valence-electron chi connectivity index (χ2n) is 7.59. The van der Waals surface area contributed by atoms with Crippen LogP contribution in [0.1, 0.15) is 69.7 Å². The van der Waals surface area contributed by atoms with E-state index in [1.807, 2.05) is 6.07 Å². The van der Waals surface area contributed by atoms with Gasteiger partial charge in [-0.3, -0.25) is 4.79 Å². The summed E-state index contributed by atoms with van der Waals surface area (Å²) >= 11 is 0. The minimum atomic E-state index is -1.12. The van der Waals surface area contributed by atoms with Crippen LogP contribution >= 0.6 is 0 Å². The third kappa shape index (κ3) is 6.71. The lowest BCUT2D eigenvalue weighted by atomic mass is 9.89. The molecule has 166 valence electrons. The van der Waals surface area contributed by atoms with Gasteiger partial charge in [0.2, 0.25) is 5.79 Å². The summed E-state index contributed by atoms with van der Waals surface area (Å²) < 4.78 is 17.7. The van der Waals surface area contributed by atoms with Crippen LogP contribution in [-0.2, 0) is 9.47 Å². The number of carbonyl (C=O) groups excluding carboxylic acids is 1. The molecular weight excluding hydrogens is 380 g/mol. The SMILES string of the molecule is CCCCOc1ccccc1C(=O)C1C=CC(OCCCC)(OCCCC)C=C1O. The van der Waals surface area contributed by atoms with Crippen LogP contribution in [-0.4, -0.2) is 36.5 Å². The average molecular weight is 417 g/mol. The van der Waals surface area contributed by atoms with Crippen LogP contribution in [0.2, 0.25) is 0 Å². The van der Waals surface area contributed by atoms with Crippen LogP contribution in [0.15, 0.2) is 48.3 Å². The Labute approximate surface area is 180 Å². The van der Waals surface area contributed by atoms with Gasteiger partial charge in [0.15, 0.2) is 5.78 Å². The summed E-state index contributed by atoms with van der Waals surface area (Å²) in [4.78, 5) is 13.2.